The summed E-state index contributed by atoms with van der Waals surface area (Å²) in [6, 6.07) is 0. The lowest BCUT2D eigenvalue weighted by Gasteiger charge is -2.26. The Morgan fingerprint density at radius 2 is 1.57 bits per heavy atom. The van der Waals surface area contributed by atoms with Crippen molar-refractivity contribution in [2.24, 2.45) is 17.8 Å². The largest absolute Gasteiger partial charge is 0.465 e. The highest BCUT2D eigenvalue weighted by Gasteiger charge is 2.32. The third kappa shape index (κ3) is 8.38. The highest BCUT2D eigenvalue weighted by Crippen LogP contribution is 2.31. The van der Waals surface area contributed by atoms with Crippen LogP contribution in [0.3, 0.4) is 0 Å². The number of unbranched alkanes of at least 4 members (excludes halogenated alkanes) is 4. The van der Waals surface area contributed by atoms with Crippen LogP contribution in [0.1, 0.15) is 78.6 Å². The molecule has 1 aliphatic rings. The van der Waals surface area contributed by atoms with E-state index in [1.807, 2.05) is 13.8 Å². The standard InChI is InChI=1S/C19H34O4/c1-4-5-6-7-8-12-22-18(20)16-10-9-11-17(13-16)19(21)23-14-15(2)3/h15-17H,4-14H2,1-3H3. The molecule has 0 bridgehead atoms. The van der Waals surface area contributed by atoms with Crippen molar-refractivity contribution in [3.05, 3.63) is 0 Å². The molecule has 0 heterocycles. The van der Waals surface area contributed by atoms with Crippen LogP contribution in [-0.4, -0.2) is 25.2 Å². The first-order valence-corrected chi connectivity index (χ1v) is 9.37. The first kappa shape index (κ1) is 20.0. The molecule has 0 aromatic heterocycles. The lowest BCUT2D eigenvalue weighted by atomic mass is 9.81. The second kappa shape index (κ2) is 11.5. The van der Waals surface area contributed by atoms with E-state index in [1.165, 1.54) is 19.3 Å². The van der Waals surface area contributed by atoms with Crippen molar-refractivity contribution in [3.8, 4) is 0 Å². The zero-order valence-electron chi connectivity index (χ0n) is 15.1. The molecule has 0 radical (unpaired) electrons. The fourth-order valence-electron chi connectivity index (χ4n) is 2.98. The molecule has 23 heavy (non-hydrogen) atoms. The van der Waals surface area contributed by atoms with Gasteiger partial charge in [0.15, 0.2) is 0 Å². The second-order valence-electron chi connectivity index (χ2n) is 7.17. The Bertz CT molecular complexity index is 351. The van der Waals surface area contributed by atoms with Crippen LogP contribution in [0.2, 0.25) is 0 Å². The maximum atomic E-state index is 12.1. The van der Waals surface area contributed by atoms with Crippen LogP contribution in [0, 0.1) is 17.8 Å². The number of carbonyl (C=O) groups excluding carboxylic acids is 2. The summed E-state index contributed by atoms with van der Waals surface area (Å²) < 4.78 is 10.7. The molecule has 0 aromatic carbocycles. The Labute approximate surface area is 141 Å². The molecule has 4 heteroatoms. The molecule has 0 aliphatic heterocycles. The Balaban J connectivity index is 2.25. The first-order chi connectivity index (χ1) is 11.0. The summed E-state index contributed by atoms with van der Waals surface area (Å²) in [5.74, 6) is -0.186. The van der Waals surface area contributed by atoms with E-state index in [4.69, 9.17) is 9.47 Å². The van der Waals surface area contributed by atoms with E-state index < -0.39 is 0 Å². The summed E-state index contributed by atoms with van der Waals surface area (Å²) >= 11 is 0. The Hall–Kier alpha value is -1.06. The average molecular weight is 326 g/mol. The van der Waals surface area contributed by atoms with E-state index in [0.29, 0.717) is 25.6 Å². The topological polar surface area (TPSA) is 52.6 Å². The monoisotopic (exact) mass is 326 g/mol. The van der Waals surface area contributed by atoms with Gasteiger partial charge in [-0.05, 0) is 31.6 Å². The summed E-state index contributed by atoms with van der Waals surface area (Å²) in [4.78, 5) is 24.2. The van der Waals surface area contributed by atoms with E-state index >= 15 is 0 Å². The second-order valence-corrected chi connectivity index (χ2v) is 7.17. The molecular formula is C19H34O4. The van der Waals surface area contributed by atoms with Crippen LogP contribution in [-0.2, 0) is 19.1 Å². The van der Waals surface area contributed by atoms with E-state index in [1.54, 1.807) is 0 Å². The number of esters is 2. The summed E-state index contributed by atoms with van der Waals surface area (Å²) in [6.45, 7) is 7.21. The number of rotatable bonds is 10. The smallest absolute Gasteiger partial charge is 0.308 e. The maximum absolute atomic E-state index is 12.1. The molecule has 4 nitrogen and oxygen atoms in total. The molecule has 2 unspecified atom stereocenters. The van der Waals surface area contributed by atoms with Gasteiger partial charge in [0, 0.05) is 0 Å². The molecule has 0 spiro atoms. The van der Waals surface area contributed by atoms with E-state index in [9.17, 15) is 9.59 Å². The van der Waals surface area contributed by atoms with Gasteiger partial charge in [-0.3, -0.25) is 9.59 Å². The van der Waals surface area contributed by atoms with Crippen LogP contribution in [0.4, 0.5) is 0 Å². The van der Waals surface area contributed by atoms with Gasteiger partial charge in [0.05, 0.1) is 25.0 Å². The molecule has 1 aliphatic carbocycles. The van der Waals surface area contributed by atoms with Gasteiger partial charge < -0.3 is 9.47 Å². The Kier molecular flexibility index (Phi) is 9.97. The summed E-state index contributed by atoms with van der Waals surface area (Å²) in [6.07, 6.45) is 8.89. The van der Waals surface area contributed by atoms with Gasteiger partial charge in [-0.1, -0.05) is 52.9 Å². The maximum Gasteiger partial charge on any atom is 0.308 e. The zero-order chi connectivity index (χ0) is 17.1. The Morgan fingerprint density at radius 1 is 0.957 bits per heavy atom. The van der Waals surface area contributed by atoms with Crippen molar-refractivity contribution in [3.63, 3.8) is 0 Å². The number of hydrogen-bond donors (Lipinski definition) is 0. The van der Waals surface area contributed by atoms with Crippen molar-refractivity contribution >= 4 is 11.9 Å². The van der Waals surface area contributed by atoms with Crippen LogP contribution in [0.25, 0.3) is 0 Å². The molecule has 0 saturated heterocycles. The SMILES string of the molecule is CCCCCCCOC(=O)C1CCCC(C(=O)OCC(C)C)C1. The van der Waals surface area contributed by atoms with Crippen LogP contribution in [0.5, 0.6) is 0 Å². The average Bonchev–Trinajstić information content (AvgIpc) is 2.55. The lowest BCUT2D eigenvalue weighted by molar-refractivity contribution is -0.155. The number of hydrogen-bond acceptors (Lipinski definition) is 4. The fraction of sp³-hybridized carbons (Fsp3) is 0.895. The molecule has 1 rings (SSSR count). The number of ether oxygens (including phenoxy) is 2. The number of carbonyl (C=O) groups is 2. The quantitative estimate of drug-likeness (QED) is 0.438. The van der Waals surface area contributed by atoms with Crippen LogP contribution >= 0.6 is 0 Å². The summed E-state index contributed by atoms with van der Waals surface area (Å²) in [5.41, 5.74) is 0. The van der Waals surface area contributed by atoms with Crippen molar-refractivity contribution in [1.82, 2.24) is 0 Å². The van der Waals surface area contributed by atoms with Gasteiger partial charge in [-0.25, -0.2) is 0 Å². The molecule has 1 saturated carbocycles. The minimum absolute atomic E-state index is 0.123. The predicted octanol–water partition coefficient (Wildman–Crippen LogP) is 4.51. The molecule has 2 atom stereocenters. The minimum atomic E-state index is -0.143. The highest BCUT2D eigenvalue weighted by atomic mass is 16.5. The molecular weight excluding hydrogens is 292 g/mol. The summed E-state index contributed by atoms with van der Waals surface area (Å²) in [7, 11) is 0. The summed E-state index contributed by atoms with van der Waals surface area (Å²) in [5, 5.41) is 0. The van der Waals surface area contributed by atoms with Crippen molar-refractivity contribution < 1.29 is 19.1 Å². The van der Waals surface area contributed by atoms with Crippen molar-refractivity contribution in [2.75, 3.05) is 13.2 Å². The zero-order valence-corrected chi connectivity index (χ0v) is 15.1. The van der Waals surface area contributed by atoms with Gasteiger partial charge in [0.1, 0.15) is 0 Å². The Morgan fingerprint density at radius 3 is 2.17 bits per heavy atom. The lowest BCUT2D eigenvalue weighted by Crippen LogP contribution is -2.30. The third-order valence-electron chi connectivity index (χ3n) is 4.39. The van der Waals surface area contributed by atoms with Gasteiger partial charge in [-0.2, -0.15) is 0 Å². The molecule has 0 amide bonds. The normalized spacial score (nSPS) is 21.2. The van der Waals surface area contributed by atoms with Crippen LogP contribution < -0.4 is 0 Å². The molecule has 0 N–H and O–H groups in total. The van der Waals surface area contributed by atoms with Crippen molar-refractivity contribution in [2.45, 2.75) is 78.6 Å². The van der Waals surface area contributed by atoms with Gasteiger partial charge in [-0.15, -0.1) is 0 Å². The predicted molar refractivity (Wildman–Crippen MR) is 91.0 cm³/mol. The van der Waals surface area contributed by atoms with Gasteiger partial charge in [0.25, 0.3) is 0 Å². The van der Waals surface area contributed by atoms with Gasteiger partial charge >= 0.3 is 11.9 Å². The van der Waals surface area contributed by atoms with E-state index in [2.05, 4.69) is 6.92 Å². The highest BCUT2D eigenvalue weighted by molar-refractivity contribution is 5.76. The molecule has 0 aromatic rings. The molecule has 134 valence electrons. The fourth-order valence-corrected chi connectivity index (χ4v) is 2.98. The van der Waals surface area contributed by atoms with E-state index in [-0.39, 0.29) is 23.8 Å². The van der Waals surface area contributed by atoms with Gasteiger partial charge in [0.2, 0.25) is 0 Å². The van der Waals surface area contributed by atoms with Crippen molar-refractivity contribution in [1.29, 1.82) is 0 Å². The van der Waals surface area contributed by atoms with E-state index in [0.717, 1.165) is 32.1 Å². The molecule has 1 fully saturated rings. The minimum Gasteiger partial charge on any atom is -0.465 e. The van der Waals surface area contributed by atoms with Crippen LogP contribution in [0.15, 0.2) is 0 Å². The first-order valence-electron chi connectivity index (χ1n) is 9.37. The third-order valence-corrected chi connectivity index (χ3v) is 4.39.